The van der Waals surface area contributed by atoms with Gasteiger partial charge in [-0.3, -0.25) is 0 Å². The van der Waals surface area contributed by atoms with Crippen molar-refractivity contribution >= 4 is 0 Å². The minimum Gasteiger partial charge on any atom is -0.356 e. The summed E-state index contributed by atoms with van der Waals surface area (Å²) in [5.74, 6) is -0.895. The van der Waals surface area contributed by atoms with Crippen LogP contribution in [0.5, 0.6) is 0 Å². The van der Waals surface area contributed by atoms with Gasteiger partial charge in [0.2, 0.25) is 0 Å². The van der Waals surface area contributed by atoms with E-state index in [-0.39, 0.29) is 12.8 Å². The fourth-order valence-corrected chi connectivity index (χ4v) is 2.32. The highest BCUT2D eigenvalue weighted by Gasteiger charge is 2.58. The zero-order valence-corrected chi connectivity index (χ0v) is 10.00. The molecule has 0 aromatic heterocycles. The van der Waals surface area contributed by atoms with E-state index in [4.69, 9.17) is 0 Å². The van der Waals surface area contributed by atoms with Gasteiger partial charge in [-0.05, 0) is 25.7 Å². The predicted molar refractivity (Wildman–Crippen MR) is 53.0 cm³/mol. The van der Waals surface area contributed by atoms with Gasteiger partial charge < -0.3 is 4.74 Å². The molecule has 1 aliphatic rings. The summed E-state index contributed by atoms with van der Waals surface area (Å²) in [7, 11) is 0. The molecule has 0 spiro atoms. The van der Waals surface area contributed by atoms with Gasteiger partial charge in [0.15, 0.2) is 5.60 Å². The monoisotopic (exact) mass is 278 g/mol. The number of halogens is 6. The number of hydrogen-bond acceptors (Lipinski definition) is 1. The van der Waals surface area contributed by atoms with E-state index in [9.17, 15) is 26.3 Å². The van der Waals surface area contributed by atoms with Crippen molar-refractivity contribution < 1.29 is 31.1 Å². The van der Waals surface area contributed by atoms with Crippen molar-refractivity contribution in [2.75, 3.05) is 6.61 Å². The van der Waals surface area contributed by atoms with Crippen LogP contribution in [-0.4, -0.2) is 24.6 Å². The normalized spacial score (nSPS) is 22.8. The lowest BCUT2D eigenvalue weighted by Gasteiger charge is -2.41. The Kier molecular flexibility index (Phi) is 4.56. The molecule has 1 atom stereocenters. The molecule has 0 heterocycles. The minimum absolute atomic E-state index is 0.258. The molecule has 1 saturated carbocycles. The van der Waals surface area contributed by atoms with Gasteiger partial charge in [-0.25, -0.2) is 0 Å². The molecule has 1 rings (SSSR count). The third kappa shape index (κ3) is 3.76. The summed E-state index contributed by atoms with van der Waals surface area (Å²) >= 11 is 0. The number of rotatable bonds is 3. The smallest absolute Gasteiger partial charge is 0.356 e. The van der Waals surface area contributed by atoms with Gasteiger partial charge in [0.1, 0.15) is 6.61 Å². The van der Waals surface area contributed by atoms with Gasteiger partial charge in [0.05, 0.1) is 0 Å². The molecule has 0 N–H and O–H groups in total. The highest BCUT2D eigenvalue weighted by atomic mass is 19.4. The van der Waals surface area contributed by atoms with Crippen molar-refractivity contribution in [2.24, 2.45) is 5.92 Å². The number of hydrogen-bond donors (Lipinski definition) is 0. The molecular formula is C11H16F6O. The van der Waals surface area contributed by atoms with Crippen molar-refractivity contribution in [3.63, 3.8) is 0 Å². The van der Waals surface area contributed by atoms with E-state index < -0.39 is 30.5 Å². The first-order valence-electron chi connectivity index (χ1n) is 5.84. The molecule has 0 aromatic rings. The summed E-state index contributed by atoms with van der Waals surface area (Å²) in [5, 5.41) is 0. The highest BCUT2D eigenvalue weighted by molar-refractivity contribution is 4.92. The molecule has 18 heavy (non-hydrogen) atoms. The molecule has 0 saturated heterocycles. The average Bonchev–Trinajstić information content (AvgIpc) is 2.24. The lowest BCUT2D eigenvalue weighted by molar-refractivity contribution is -0.315. The molecule has 108 valence electrons. The van der Waals surface area contributed by atoms with Gasteiger partial charge in [-0.15, -0.1) is 0 Å². The van der Waals surface area contributed by atoms with Gasteiger partial charge in [-0.1, -0.05) is 19.3 Å². The van der Waals surface area contributed by atoms with Crippen LogP contribution in [0, 0.1) is 5.92 Å². The van der Waals surface area contributed by atoms with Gasteiger partial charge in [0.25, 0.3) is 0 Å². The van der Waals surface area contributed by atoms with Crippen molar-refractivity contribution in [3.05, 3.63) is 0 Å². The van der Waals surface area contributed by atoms with Crippen molar-refractivity contribution in [3.8, 4) is 0 Å². The van der Waals surface area contributed by atoms with E-state index in [2.05, 4.69) is 4.74 Å². The first-order chi connectivity index (χ1) is 8.06. The third-order valence-electron chi connectivity index (χ3n) is 3.48. The average molecular weight is 278 g/mol. The zero-order valence-electron chi connectivity index (χ0n) is 10.00. The maximum atomic E-state index is 13.0. The van der Waals surface area contributed by atoms with E-state index in [0.717, 1.165) is 13.3 Å². The maximum Gasteiger partial charge on any atom is 0.417 e. The van der Waals surface area contributed by atoms with Crippen LogP contribution in [0.15, 0.2) is 0 Å². The first-order valence-corrected chi connectivity index (χ1v) is 5.84. The van der Waals surface area contributed by atoms with Crippen LogP contribution < -0.4 is 0 Å². The molecular weight excluding hydrogens is 262 g/mol. The molecule has 1 aliphatic carbocycles. The van der Waals surface area contributed by atoms with E-state index in [1.54, 1.807) is 0 Å². The Balaban J connectivity index is 2.81. The van der Waals surface area contributed by atoms with Crippen LogP contribution in [0.4, 0.5) is 26.3 Å². The Bertz CT molecular complexity index is 266. The third-order valence-corrected chi connectivity index (χ3v) is 3.48. The molecule has 0 aliphatic heterocycles. The molecule has 0 aromatic carbocycles. The van der Waals surface area contributed by atoms with E-state index in [0.29, 0.717) is 12.8 Å². The molecule has 1 fully saturated rings. The SMILES string of the molecule is CC(OCC(F)(F)F)(C1CCCCC1)C(F)(F)F. The second-order valence-corrected chi connectivity index (χ2v) is 4.84. The van der Waals surface area contributed by atoms with Crippen molar-refractivity contribution in [1.29, 1.82) is 0 Å². The predicted octanol–water partition coefficient (Wildman–Crippen LogP) is 4.47. The summed E-state index contributed by atoms with van der Waals surface area (Å²) in [6, 6.07) is 0. The number of alkyl halides is 6. The summed E-state index contributed by atoms with van der Waals surface area (Å²) in [4.78, 5) is 0. The van der Waals surface area contributed by atoms with Crippen LogP contribution in [0.25, 0.3) is 0 Å². The summed E-state index contributed by atoms with van der Waals surface area (Å²) < 4.78 is 79.3. The Morgan fingerprint density at radius 2 is 1.44 bits per heavy atom. The second-order valence-electron chi connectivity index (χ2n) is 4.84. The standard InChI is InChI=1S/C11H16F6O/c1-9(11(15,16)17,18-7-10(12,13)14)8-5-3-2-4-6-8/h8H,2-7H2,1H3. The largest absolute Gasteiger partial charge is 0.417 e. The molecule has 0 amide bonds. The second kappa shape index (κ2) is 5.27. The van der Waals surface area contributed by atoms with Gasteiger partial charge in [0, 0.05) is 0 Å². The summed E-state index contributed by atoms with van der Waals surface area (Å²) in [6.07, 6.45) is -7.00. The molecule has 1 nitrogen and oxygen atoms in total. The van der Waals surface area contributed by atoms with Crippen LogP contribution in [0.1, 0.15) is 39.0 Å². The highest BCUT2D eigenvalue weighted by Crippen LogP contribution is 2.45. The van der Waals surface area contributed by atoms with Crippen LogP contribution >= 0.6 is 0 Å². The molecule has 7 heteroatoms. The fraction of sp³-hybridized carbons (Fsp3) is 1.00. The zero-order chi connectivity index (χ0) is 14.0. The van der Waals surface area contributed by atoms with E-state index in [1.165, 1.54) is 0 Å². The Morgan fingerprint density at radius 3 is 1.83 bits per heavy atom. The molecule has 0 radical (unpaired) electrons. The van der Waals surface area contributed by atoms with Crippen LogP contribution in [-0.2, 0) is 4.74 Å². The molecule has 0 bridgehead atoms. The lowest BCUT2D eigenvalue weighted by Crippen LogP contribution is -2.52. The Labute approximate surface area is 101 Å². The maximum absolute atomic E-state index is 13.0. The fourth-order valence-electron chi connectivity index (χ4n) is 2.32. The summed E-state index contributed by atoms with van der Waals surface area (Å²) in [6.45, 7) is -1.13. The Hall–Kier alpha value is -0.460. The van der Waals surface area contributed by atoms with Crippen LogP contribution in [0.2, 0.25) is 0 Å². The topological polar surface area (TPSA) is 9.23 Å². The van der Waals surface area contributed by atoms with Crippen molar-refractivity contribution in [2.45, 2.75) is 57.0 Å². The lowest BCUT2D eigenvalue weighted by atomic mass is 9.77. The van der Waals surface area contributed by atoms with E-state index in [1.807, 2.05) is 0 Å². The summed E-state index contributed by atoms with van der Waals surface area (Å²) in [5.41, 5.74) is -2.71. The van der Waals surface area contributed by atoms with Crippen LogP contribution in [0.3, 0.4) is 0 Å². The first kappa shape index (κ1) is 15.6. The number of ether oxygens (including phenoxy) is 1. The van der Waals surface area contributed by atoms with E-state index >= 15 is 0 Å². The molecule has 1 unspecified atom stereocenters. The van der Waals surface area contributed by atoms with Crippen molar-refractivity contribution in [1.82, 2.24) is 0 Å². The van der Waals surface area contributed by atoms with Gasteiger partial charge in [-0.2, -0.15) is 26.3 Å². The minimum atomic E-state index is -4.79. The van der Waals surface area contributed by atoms with Gasteiger partial charge >= 0.3 is 12.4 Å². The quantitative estimate of drug-likeness (QED) is 0.692. The Morgan fingerprint density at radius 1 is 0.944 bits per heavy atom.